The minimum Gasteiger partial charge on any atom is -0.394 e. The van der Waals surface area contributed by atoms with Crippen molar-refractivity contribution in [3.8, 4) is 0 Å². The van der Waals surface area contributed by atoms with Gasteiger partial charge in [0.05, 0.1) is 31.4 Å². The molecule has 7 nitrogen and oxygen atoms in total. The Labute approximate surface area is 109 Å². The third kappa shape index (κ3) is 2.87. The number of hydrogen-bond donors (Lipinski definition) is 2. The first kappa shape index (κ1) is 13.0. The van der Waals surface area contributed by atoms with Gasteiger partial charge in [-0.1, -0.05) is 0 Å². The van der Waals surface area contributed by atoms with Crippen molar-refractivity contribution in [2.45, 2.75) is 0 Å². The van der Waals surface area contributed by atoms with Gasteiger partial charge in [0.15, 0.2) is 5.65 Å². The van der Waals surface area contributed by atoms with Crippen molar-refractivity contribution in [2.24, 2.45) is 7.05 Å². The topological polar surface area (TPSA) is 85.1 Å². The second-order valence-corrected chi connectivity index (χ2v) is 3.95. The van der Waals surface area contributed by atoms with E-state index in [1.54, 1.807) is 17.9 Å². The van der Waals surface area contributed by atoms with Crippen molar-refractivity contribution in [3.05, 3.63) is 11.5 Å². The van der Waals surface area contributed by atoms with Crippen LogP contribution in [0.1, 0.15) is 0 Å². The Bertz CT molecular complexity index is 530. The fourth-order valence-corrected chi connectivity index (χ4v) is 1.70. The first-order valence-corrected chi connectivity index (χ1v) is 5.88. The number of ether oxygens (including phenoxy) is 1. The van der Waals surface area contributed by atoms with Crippen molar-refractivity contribution in [2.75, 3.05) is 31.7 Å². The minimum absolute atomic E-state index is 0.0200. The van der Waals surface area contributed by atoms with Crippen LogP contribution in [0, 0.1) is 0 Å². The van der Waals surface area contributed by atoms with Crippen molar-refractivity contribution >= 4 is 28.5 Å². The fourth-order valence-electron chi connectivity index (χ4n) is 1.54. The predicted octanol–water partition coefficient (Wildman–Crippen LogP) is 0.437. The number of fused-ring (bicyclic) bond motifs is 1. The van der Waals surface area contributed by atoms with Crippen LogP contribution in [0.3, 0.4) is 0 Å². The Kier molecular flexibility index (Phi) is 4.29. The van der Waals surface area contributed by atoms with Crippen molar-refractivity contribution < 1.29 is 9.84 Å². The van der Waals surface area contributed by atoms with Gasteiger partial charge in [0.25, 0.3) is 0 Å². The van der Waals surface area contributed by atoms with Gasteiger partial charge in [-0.3, -0.25) is 4.68 Å². The van der Waals surface area contributed by atoms with E-state index in [1.807, 2.05) is 0 Å². The molecule has 18 heavy (non-hydrogen) atoms. The average Bonchev–Trinajstić information content (AvgIpc) is 2.71. The number of anilines is 1. The first-order valence-electron chi connectivity index (χ1n) is 5.50. The number of nitrogens with zero attached hydrogens (tertiary/aromatic N) is 4. The lowest BCUT2D eigenvalue weighted by Crippen LogP contribution is -2.12. The Balaban J connectivity index is 2.08. The lowest BCUT2D eigenvalue weighted by Gasteiger charge is -2.07. The van der Waals surface area contributed by atoms with Crippen molar-refractivity contribution in [1.29, 1.82) is 0 Å². The summed E-state index contributed by atoms with van der Waals surface area (Å²) in [7, 11) is 1.79. The van der Waals surface area contributed by atoms with E-state index in [0.29, 0.717) is 31.2 Å². The van der Waals surface area contributed by atoms with E-state index in [1.165, 1.54) is 0 Å². The Morgan fingerprint density at radius 2 is 2.28 bits per heavy atom. The van der Waals surface area contributed by atoms with E-state index < -0.39 is 0 Å². The molecule has 0 spiro atoms. The maximum absolute atomic E-state index is 8.57. The van der Waals surface area contributed by atoms with Crippen LogP contribution in [0.25, 0.3) is 11.0 Å². The zero-order valence-corrected chi connectivity index (χ0v) is 10.7. The molecular formula is C10H14ClN5O2. The summed E-state index contributed by atoms with van der Waals surface area (Å²) < 4.78 is 6.78. The van der Waals surface area contributed by atoms with Gasteiger partial charge >= 0.3 is 0 Å². The molecule has 2 N–H and O–H groups in total. The molecular weight excluding hydrogens is 258 g/mol. The maximum atomic E-state index is 8.57. The smallest absolute Gasteiger partial charge is 0.226 e. The molecule has 2 heterocycles. The normalized spacial score (nSPS) is 11.1. The van der Waals surface area contributed by atoms with Crippen LogP contribution in [0.15, 0.2) is 6.20 Å². The lowest BCUT2D eigenvalue weighted by molar-refractivity contribution is 0.0992. The molecule has 2 aromatic heterocycles. The maximum Gasteiger partial charge on any atom is 0.226 e. The zero-order valence-electron chi connectivity index (χ0n) is 9.93. The number of rotatable bonds is 6. The molecule has 0 fully saturated rings. The first-order chi connectivity index (χ1) is 8.72. The molecule has 0 bridgehead atoms. The molecule has 0 unspecified atom stereocenters. The molecule has 0 atom stereocenters. The largest absolute Gasteiger partial charge is 0.394 e. The van der Waals surface area contributed by atoms with Crippen LogP contribution in [-0.2, 0) is 11.8 Å². The van der Waals surface area contributed by atoms with Crippen LogP contribution in [0.4, 0.5) is 5.82 Å². The van der Waals surface area contributed by atoms with E-state index in [9.17, 15) is 0 Å². The summed E-state index contributed by atoms with van der Waals surface area (Å²) in [6, 6.07) is 0. The second kappa shape index (κ2) is 5.94. The molecule has 0 aliphatic rings. The summed E-state index contributed by atoms with van der Waals surface area (Å²) in [6.45, 7) is 1.39. The molecule has 0 aliphatic heterocycles. The highest BCUT2D eigenvalue weighted by Gasteiger charge is 2.09. The highest BCUT2D eigenvalue weighted by molar-refractivity contribution is 6.28. The average molecular weight is 272 g/mol. The predicted molar refractivity (Wildman–Crippen MR) is 67.7 cm³/mol. The van der Waals surface area contributed by atoms with E-state index in [-0.39, 0.29) is 11.9 Å². The molecule has 8 heteroatoms. The second-order valence-electron chi connectivity index (χ2n) is 3.61. The third-order valence-corrected chi connectivity index (χ3v) is 2.51. The van der Waals surface area contributed by atoms with Crippen LogP contribution >= 0.6 is 11.6 Å². The molecule has 0 aromatic carbocycles. The van der Waals surface area contributed by atoms with Gasteiger partial charge in [0.1, 0.15) is 5.82 Å². The van der Waals surface area contributed by atoms with E-state index in [4.69, 9.17) is 21.4 Å². The third-order valence-electron chi connectivity index (χ3n) is 2.34. The van der Waals surface area contributed by atoms with Crippen LogP contribution in [-0.4, -0.2) is 51.2 Å². The summed E-state index contributed by atoms with van der Waals surface area (Å²) in [6.07, 6.45) is 1.68. The molecule has 2 rings (SSSR count). The molecule has 0 aliphatic carbocycles. The molecule has 98 valence electrons. The van der Waals surface area contributed by atoms with Crippen molar-refractivity contribution in [1.82, 2.24) is 19.7 Å². The zero-order chi connectivity index (χ0) is 13.0. The van der Waals surface area contributed by atoms with Crippen LogP contribution in [0.5, 0.6) is 0 Å². The van der Waals surface area contributed by atoms with Gasteiger partial charge in [0, 0.05) is 13.6 Å². The SMILES string of the molecule is Cn1ncc2c(NCCOCCO)nc(Cl)nc21. The number of hydrogen-bond acceptors (Lipinski definition) is 6. The molecule has 2 aromatic rings. The minimum atomic E-state index is 0.0200. The number of aliphatic hydroxyl groups is 1. The van der Waals surface area contributed by atoms with E-state index in [0.717, 1.165) is 5.39 Å². The number of halogens is 1. The van der Waals surface area contributed by atoms with Gasteiger partial charge in [-0.25, -0.2) is 0 Å². The summed E-state index contributed by atoms with van der Waals surface area (Å²) >= 11 is 5.85. The van der Waals surface area contributed by atoms with Crippen LogP contribution < -0.4 is 5.32 Å². The number of aryl methyl sites for hydroxylation is 1. The highest BCUT2D eigenvalue weighted by Crippen LogP contribution is 2.20. The number of nitrogens with one attached hydrogen (secondary N) is 1. The fraction of sp³-hybridized carbons (Fsp3) is 0.500. The Morgan fingerprint density at radius 1 is 1.44 bits per heavy atom. The summed E-state index contributed by atoms with van der Waals surface area (Å²) in [5.74, 6) is 0.630. The Hall–Kier alpha value is -1.44. The molecule has 0 saturated carbocycles. The van der Waals surface area contributed by atoms with Gasteiger partial charge in [-0.05, 0) is 11.6 Å². The molecule has 0 radical (unpaired) electrons. The van der Waals surface area contributed by atoms with Crippen LogP contribution in [0.2, 0.25) is 5.28 Å². The summed E-state index contributed by atoms with van der Waals surface area (Å²) in [5, 5.41) is 16.8. The molecule has 0 saturated heterocycles. The lowest BCUT2D eigenvalue weighted by atomic mass is 10.4. The van der Waals surface area contributed by atoms with Gasteiger partial charge in [-0.15, -0.1) is 0 Å². The van der Waals surface area contributed by atoms with E-state index >= 15 is 0 Å². The summed E-state index contributed by atoms with van der Waals surface area (Å²) in [5.41, 5.74) is 0.675. The standard InChI is InChI=1S/C10H14ClN5O2/c1-16-9-7(6-13-16)8(14-10(11)15-9)12-2-4-18-5-3-17/h6,17H,2-5H2,1H3,(H,12,14,15). The van der Waals surface area contributed by atoms with Gasteiger partial charge < -0.3 is 15.2 Å². The van der Waals surface area contributed by atoms with E-state index in [2.05, 4.69) is 20.4 Å². The molecule has 0 amide bonds. The van der Waals surface area contributed by atoms with Gasteiger partial charge in [0.2, 0.25) is 5.28 Å². The quantitative estimate of drug-likeness (QED) is 0.586. The number of aliphatic hydroxyl groups excluding tert-OH is 1. The monoisotopic (exact) mass is 271 g/mol. The Morgan fingerprint density at radius 3 is 3.06 bits per heavy atom. The van der Waals surface area contributed by atoms with Crippen molar-refractivity contribution in [3.63, 3.8) is 0 Å². The number of aromatic nitrogens is 4. The highest BCUT2D eigenvalue weighted by atomic mass is 35.5. The van der Waals surface area contributed by atoms with Gasteiger partial charge in [-0.2, -0.15) is 15.1 Å². The summed E-state index contributed by atoms with van der Waals surface area (Å²) in [4.78, 5) is 8.22.